The molecule has 0 radical (unpaired) electrons. The number of carbonyl (C=O) groups excluding carboxylic acids is 1. The predicted octanol–water partition coefficient (Wildman–Crippen LogP) is 0.601. The zero-order chi connectivity index (χ0) is 35.1. The molecule has 1 heterocycles. The second kappa shape index (κ2) is 19.1. The van der Waals surface area contributed by atoms with Gasteiger partial charge in [-0.3, -0.25) is 43.6 Å². The lowest BCUT2D eigenvalue weighted by Gasteiger charge is -2.37. The summed E-state index contributed by atoms with van der Waals surface area (Å²) in [5.74, 6) is -4.51. The molecule has 0 aromatic heterocycles. The van der Waals surface area contributed by atoms with Crippen LogP contribution in [0.1, 0.15) is 11.1 Å². The molecule has 3 rings (SSSR count). The maximum Gasteiger partial charge on any atom is 0.317 e. The van der Waals surface area contributed by atoms with Crippen LogP contribution in [0, 0.1) is 0 Å². The van der Waals surface area contributed by atoms with Gasteiger partial charge in [0.1, 0.15) is 5.75 Å². The topological polar surface area (TPSA) is 211 Å². The fraction of sp³-hybridized carbons (Fsp3) is 0.424. The first-order chi connectivity index (χ1) is 22.9. The standard InChI is InChI=1S/C33H43N5O10/c39-28-5-1-3-24(18-28)4-2-6-29(40)34-26-9-7-25(8-10-26)17-27-19-37(22-32(45)46)14-13-35(20-30(41)42)11-12-36(21-31(43)44)15-16-38(27)23-33(47)48/h1-3,5-10,18,27,39H,4,11-17,19-23H2,(H,34,40)(H,41,42)(H,43,44)(H,45,46)(H,47,48)/b6-2+. The van der Waals surface area contributed by atoms with E-state index in [0.29, 0.717) is 18.5 Å². The number of phenolic OH excluding ortho intramolecular Hbond substituents is 1. The molecular formula is C33H43N5O10. The second-order valence-electron chi connectivity index (χ2n) is 11.7. The minimum Gasteiger partial charge on any atom is -0.508 e. The number of anilines is 1. The number of aliphatic carboxylic acids is 4. The zero-order valence-electron chi connectivity index (χ0n) is 26.6. The maximum atomic E-state index is 12.5. The van der Waals surface area contributed by atoms with Gasteiger partial charge in [-0.1, -0.05) is 30.3 Å². The highest BCUT2D eigenvalue weighted by atomic mass is 16.4. The molecule has 1 aliphatic heterocycles. The number of phenols is 1. The quantitative estimate of drug-likeness (QED) is 0.152. The Morgan fingerprint density at radius 2 is 1.23 bits per heavy atom. The van der Waals surface area contributed by atoms with Gasteiger partial charge in [0.2, 0.25) is 5.91 Å². The molecule has 2 aromatic rings. The van der Waals surface area contributed by atoms with Crippen LogP contribution in [-0.2, 0) is 36.8 Å². The zero-order valence-corrected chi connectivity index (χ0v) is 26.6. The van der Waals surface area contributed by atoms with Gasteiger partial charge in [0, 0.05) is 57.5 Å². The second-order valence-corrected chi connectivity index (χ2v) is 11.7. The Hall–Kier alpha value is -4.83. The van der Waals surface area contributed by atoms with Gasteiger partial charge in [-0.25, -0.2) is 0 Å². The summed E-state index contributed by atoms with van der Waals surface area (Å²) in [7, 11) is 0. The Morgan fingerprint density at radius 3 is 1.79 bits per heavy atom. The van der Waals surface area contributed by atoms with Crippen molar-refractivity contribution in [3.05, 3.63) is 71.8 Å². The smallest absolute Gasteiger partial charge is 0.317 e. The summed E-state index contributed by atoms with van der Waals surface area (Å²) in [6.07, 6.45) is 3.86. The lowest BCUT2D eigenvalue weighted by atomic mass is 10.0. The van der Waals surface area contributed by atoms with E-state index in [1.54, 1.807) is 68.1 Å². The number of carbonyl (C=O) groups is 5. The first-order valence-corrected chi connectivity index (χ1v) is 15.5. The van der Waals surface area contributed by atoms with Crippen LogP contribution in [0.15, 0.2) is 60.7 Å². The van der Waals surface area contributed by atoms with Gasteiger partial charge < -0.3 is 30.8 Å². The van der Waals surface area contributed by atoms with E-state index in [-0.39, 0.29) is 83.6 Å². The normalized spacial score (nSPS) is 17.7. The van der Waals surface area contributed by atoms with Crippen molar-refractivity contribution >= 4 is 35.5 Å². The third-order valence-electron chi connectivity index (χ3n) is 7.79. The number of carboxylic acids is 4. The van der Waals surface area contributed by atoms with E-state index in [0.717, 1.165) is 11.1 Å². The SMILES string of the molecule is O=C(O)CN1CCN(CC(=O)O)CCN(CC(=O)O)C(Cc2ccc(NC(=O)/C=C/Cc3cccc(O)c3)cc2)CN(CC(=O)O)CC1. The number of amides is 1. The van der Waals surface area contributed by atoms with Gasteiger partial charge in [-0.2, -0.15) is 0 Å². The molecule has 1 unspecified atom stereocenters. The average Bonchev–Trinajstić information content (AvgIpc) is 2.99. The first kappa shape index (κ1) is 37.6. The maximum absolute atomic E-state index is 12.5. The van der Waals surface area contributed by atoms with E-state index >= 15 is 0 Å². The highest BCUT2D eigenvalue weighted by molar-refractivity contribution is 5.99. The molecule has 1 atom stereocenters. The van der Waals surface area contributed by atoms with E-state index in [4.69, 9.17) is 0 Å². The number of nitrogens with one attached hydrogen (secondary N) is 1. The van der Waals surface area contributed by atoms with Crippen molar-refractivity contribution in [1.29, 1.82) is 0 Å². The van der Waals surface area contributed by atoms with Crippen LogP contribution in [0.5, 0.6) is 5.75 Å². The van der Waals surface area contributed by atoms with Gasteiger partial charge in [0.25, 0.3) is 0 Å². The third-order valence-corrected chi connectivity index (χ3v) is 7.79. The molecule has 15 nitrogen and oxygen atoms in total. The predicted molar refractivity (Wildman–Crippen MR) is 175 cm³/mol. The summed E-state index contributed by atoms with van der Waals surface area (Å²) in [6, 6.07) is 13.2. The monoisotopic (exact) mass is 669 g/mol. The first-order valence-electron chi connectivity index (χ1n) is 15.5. The number of aromatic hydroxyl groups is 1. The molecule has 1 amide bonds. The van der Waals surface area contributed by atoms with Crippen molar-refractivity contribution < 1.29 is 49.5 Å². The molecule has 1 saturated heterocycles. The molecule has 1 fully saturated rings. The summed E-state index contributed by atoms with van der Waals surface area (Å²) in [6.45, 7) is 0.0789. The highest BCUT2D eigenvalue weighted by Gasteiger charge is 2.27. The molecule has 0 bridgehead atoms. The minimum absolute atomic E-state index is 0.144. The number of benzene rings is 2. The van der Waals surface area contributed by atoms with E-state index in [9.17, 15) is 49.5 Å². The van der Waals surface area contributed by atoms with E-state index < -0.39 is 29.9 Å². The molecule has 0 spiro atoms. The number of rotatable bonds is 14. The molecule has 48 heavy (non-hydrogen) atoms. The molecular weight excluding hydrogens is 626 g/mol. The Bertz CT molecular complexity index is 1430. The third kappa shape index (κ3) is 14.3. The molecule has 0 aliphatic carbocycles. The lowest BCUT2D eigenvalue weighted by molar-refractivity contribution is -0.142. The Morgan fingerprint density at radius 1 is 0.688 bits per heavy atom. The number of hydrogen-bond donors (Lipinski definition) is 6. The Balaban J connectivity index is 1.79. The summed E-state index contributed by atoms with van der Waals surface area (Å²) in [4.78, 5) is 65.9. The van der Waals surface area contributed by atoms with Crippen LogP contribution in [0.3, 0.4) is 0 Å². The van der Waals surface area contributed by atoms with Gasteiger partial charge in [0.05, 0.1) is 26.2 Å². The van der Waals surface area contributed by atoms with Crippen molar-refractivity contribution in [2.24, 2.45) is 0 Å². The average molecular weight is 670 g/mol. The molecule has 0 saturated carbocycles. The van der Waals surface area contributed by atoms with Gasteiger partial charge >= 0.3 is 23.9 Å². The van der Waals surface area contributed by atoms with Crippen LogP contribution < -0.4 is 5.32 Å². The Kier molecular flexibility index (Phi) is 15.0. The van der Waals surface area contributed by atoms with Crippen molar-refractivity contribution in [2.45, 2.75) is 18.9 Å². The van der Waals surface area contributed by atoms with E-state index in [2.05, 4.69) is 5.32 Å². The fourth-order valence-corrected chi connectivity index (χ4v) is 5.52. The molecule has 1 aliphatic rings. The molecule has 6 N–H and O–H groups in total. The lowest BCUT2D eigenvalue weighted by Crippen LogP contribution is -2.53. The molecule has 15 heteroatoms. The van der Waals surface area contributed by atoms with Gasteiger partial charge in [0.15, 0.2) is 0 Å². The van der Waals surface area contributed by atoms with Crippen LogP contribution in [0.2, 0.25) is 0 Å². The van der Waals surface area contributed by atoms with Crippen LogP contribution >= 0.6 is 0 Å². The number of carboxylic acid groups (broad SMARTS) is 4. The van der Waals surface area contributed by atoms with Crippen molar-refractivity contribution in [1.82, 2.24) is 19.6 Å². The summed E-state index contributed by atoms with van der Waals surface area (Å²) >= 11 is 0. The van der Waals surface area contributed by atoms with Crippen molar-refractivity contribution in [3.8, 4) is 5.75 Å². The largest absolute Gasteiger partial charge is 0.508 e. The summed E-state index contributed by atoms with van der Waals surface area (Å²) < 4.78 is 0. The van der Waals surface area contributed by atoms with Crippen molar-refractivity contribution in [3.63, 3.8) is 0 Å². The fourth-order valence-electron chi connectivity index (χ4n) is 5.52. The minimum atomic E-state index is -1.09. The van der Waals surface area contributed by atoms with Gasteiger partial charge in [-0.05, 0) is 54.3 Å². The Labute approximate surface area is 278 Å². The molecule has 260 valence electrons. The van der Waals surface area contributed by atoms with Crippen LogP contribution in [-0.4, -0.2) is 153 Å². The molecule has 2 aromatic carbocycles. The summed E-state index contributed by atoms with van der Waals surface area (Å²) in [5.41, 5.74) is 2.17. The van der Waals surface area contributed by atoms with Crippen LogP contribution in [0.4, 0.5) is 5.69 Å². The summed E-state index contributed by atoms with van der Waals surface area (Å²) in [5, 5.41) is 50.6. The van der Waals surface area contributed by atoms with Crippen LogP contribution in [0.25, 0.3) is 0 Å². The van der Waals surface area contributed by atoms with Gasteiger partial charge in [-0.15, -0.1) is 0 Å². The van der Waals surface area contributed by atoms with E-state index in [1.165, 1.54) is 6.08 Å². The highest BCUT2D eigenvalue weighted by Crippen LogP contribution is 2.17. The number of nitrogens with zero attached hydrogens (tertiary/aromatic N) is 4. The number of hydrogen-bond acceptors (Lipinski definition) is 10. The van der Waals surface area contributed by atoms with E-state index in [1.807, 2.05) is 6.07 Å². The number of allylic oxidation sites excluding steroid dienone is 1. The van der Waals surface area contributed by atoms with Crippen molar-refractivity contribution in [2.75, 3.05) is 77.3 Å².